The maximum absolute atomic E-state index is 13.3. The highest BCUT2D eigenvalue weighted by atomic mass is 79.9. The van der Waals surface area contributed by atoms with Crippen LogP contribution in [-0.4, -0.2) is 11.9 Å². The van der Waals surface area contributed by atoms with Gasteiger partial charge in [0, 0.05) is 10.5 Å². The smallest absolute Gasteiger partial charge is 0.252 e. The highest BCUT2D eigenvalue weighted by Gasteiger charge is 2.42. The Balaban J connectivity index is 1.70. The number of hydrogen-bond donors (Lipinski definition) is 2. The molecule has 0 heterocycles. The number of carbonyl (C=O) groups excluding carboxylic acids is 1. The minimum Gasteiger partial charge on any atom is -0.396 e. The van der Waals surface area contributed by atoms with Crippen molar-refractivity contribution in [2.45, 2.75) is 38.6 Å². The summed E-state index contributed by atoms with van der Waals surface area (Å²) in [6.45, 7) is 2.07. The lowest BCUT2D eigenvalue weighted by atomic mass is 9.84. The van der Waals surface area contributed by atoms with Gasteiger partial charge in [-0.1, -0.05) is 6.42 Å². The Morgan fingerprint density at radius 1 is 1.43 bits per heavy atom. The molecule has 5 heteroatoms. The van der Waals surface area contributed by atoms with Crippen molar-refractivity contribution in [3.8, 4) is 0 Å². The van der Waals surface area contributed by atoms with Crippen molar-refractivity contribution >= 4 is 27.5 Å². The summed E-state index contributed by atoms with van der Waals surface area (Å²) in [5.41, 5.74) is 5.94. The van der Waals surface area contributed by atoms with Gasteiger partial charge in [0.05, 0.1) is 11.3 Å². The Morgan fingerprint density at radius 3 is 2.81 bits per heavy atom. The molecule has 0 spiro atoms. The Labute approximate surface area is 132 Å². The molecule has 1 amide bonds. The third-order valence-electron chi connectivity index (χ3n) is 5.12. The van der Waals surface area contributed by atoms with Gasteiger partial charge in [0.25, 0.3) is 5.91 Å². The summed E-state index contributed by atoms with van der Waals surface area (Å²) in [7, 11) is 0. The number of nitrogen functional groups attached to an aromatic ring is 1. The summed E-state index contributed by atoms with van der Waals surface area (Å²) in [6, 6.07) is 2.78. The van der Waals surface area contributed by atoms with Crippen molar-refractivity contribution in [3.05, 3.63) is 28.0 Å². The van der Waals surface area contributed by atoms with E-state index in [0.29, 0.717) is 16.0 Å². The average molecular weight is 355 g/mol. The second-order valence-electron chi connectivity index (χ2n) is 6.45. The molecular formula is C16H20BrFN2O. The van der Waals surface area contributed by atoms with Crippen molar-refractivity contribution in [2.75, 3.05) is 5.73 Å². The number of carbonyl (C=O) groups is 1. The van der Waals surface area contributed by atoms with Crippen molar-refractivity contribution in [1.29, 1.82) is 0 Å². The Morgan fingerprint density at radius 2 is 2.19 bits per heavy atom. The fourth-order valence-corrected chi connectivity index (χ4v) is 4.53. The minimum atomic E-state index is -0.514. The number of nitrogens with one attached hydrogen (secondary N) is 1. The lowest BCUT2D eigenvalue weighted by molar-refractivity contribution is 0.0914. The topological polar surface area (TPSA) is 55.1 Å². The summed E-state index contributed by atoms with van der Waals surface area (Å²) >= 11 is 3.23. The quantitative estimate of drug-likeness (QED) is 0.812. The highest BCUT2D eigenvalue weighted by Crippen LogP contribution is 2.49. The number of rotatable bonds is 3. The molecular weight excluding hydrogens is 335 g/mol. The number of nitrogens with two attached hydrogens (primary N) is 1. The number of hydrogen-bond acceptors (Lipinski definition) is 2. The van der Waals surface area contributed by atoms with Crippen molar-refractivity contribution < 1.29 is 9.18 Å². The van der Waals surface area contributed by atoms with Crippen LogP contribution >= 0.6 is 15.9 Å². The van der Waals surface area contributed by atoms with E-state index in [9.17, 15) is 9.18 Å². The highest BCUT2D eigenvalue weighted by molar-refractivity contribution is 9.10. The first kappa shape index (κ1) is 14.8. The summed E-state index contributed by atoms with van der Waals surface area (Å²) in [5, 5.41) is 3.06. The molecule has 2 fully saturated rings. The summed E-state index contributed by atoms with van der Waals surface area (Å²) in [4.78, 5) is 12.4. The second-order valence-corrected chi connectivity index (χ2v) is 7.31. The van der Waals surface area contributed by atoms with Crippen LogP contribution in [0.2, 0.25) is 0 Å². The van der Waals surface area contributed by atoms with Crippen LogP contribution in [0.3, 0.4) is 0 Å². The van der Waals surface area contributed by atoms with E-state index < -0.39 is 5.82 Å². The third kappa shape index (κ3) is 2.80. The van der Waals surface area contributed by atoms with Gasteiger partial charge in [-0.25, -0.2) is 4.39 Å². The van der Waals surface area contributed by atoms with E-state index in [1.165, 1.54) is 37.8 Å². The number of benzene rings is 1. The van der Waals surface area contributed by atoms with E-state index in [2.05, 4.69) is 28.2 Å². The Bertz CT molecular complexity index is 578. The first-order chi connectivity index (χ1) is 9.95. The zero-order valence-electron chi connectivity index (χ0n) is 12.0. The lowest BCUT2D eigenvalue weighted by Crippen LogP contribution is -2.40. The number of amides is 1. The van der Waals surface area contributed by atoms with Gasteiger partial charge in [0.15, 0.2) is 0 Å². The van der Waals surface area contributed by atoms with Crippen LogP contribution in [0.4, 0.5) is 10.1 Å². The molecule has 2 aliphatic rings. The fourth-order valence-electron chi connectivity index (χ4n) is 4.04. The molecule has 2 bridgehead atoms. The van der Waals surface area contributed by atoms with E-state index in [1.807, 2.05) is 0 Å². The molecule has 0 radical (unpaired) electrons. The van der Waals surface area contributed by atoms with Crippen LogP contribution in [-0.2, 0) is 0 Å². The molecule has 4 atom stereocenters. The van der Waals surface area contributed by atoms with Crippen LogP contribution in [0.15, 0.2) is 16.6 Å². The van der Waals surface area contributed by atoms with Crippen LogP contribution < -0.4 is 11.1 Å². The predicted octanol–water partition coefficient (Wildman–Crippen LogP) is 3.72. The zero-order chi connectivity index (χ0) is 15.1. The minimum absolute atomic E-state index is 0.00377. The predicted molar refractivity (Wildman–Crippen MR) is 84.4 cm³/mol. The van der Waals surface area contributed by atoms with E-state index in [4.69, 9.17) is 5.73 Å². The van der Waals surface area contributed by atoms with Gasteiger partial charge in [0.1, 0.15) is 5.82 Å². The summed E-state index contributed by atoms with van der Waals surface area (Å²) in [6.07, 6.45) is 5.18. The molecule has 3 rings (SSSR count). The van der Waals surface area contributed by atoms with Gasteiger partial charge >= 0.3 is 0 Å². The molecule has 114 valence electrons. The normalized spacial score (nSPS) is 28.6. The molecule has 0 aliphatic heterocycles. The molecule has 3 nitrogen and oxygen atoms in total. The van der Waals surface area contributed by atoms with Crippen LogP contribution in [0.25, 0.3) is 0 Å². The first-order valence-electron chi connectivity index (χ1n) is 7.51. The molecule has 3 N–H and O–H groups in total. The van der Waals surface area contributed by atoms with E-state index in [-0.39, 0.29) is 17.6 Å². The molecule has 2 aliphatic carbocycles. The number of anilines is 1. The van der Waals surface area contributed by atoms with Crippen LogP contribution in [0.1, 0.15) is 43.0 Å². The van der Waals surface area contributed by atoms with Crippen LogP contribution in [0.5, 0.6) is 0 Å². The standard InChI is InChI=1S/C16H20BrFN2O/c1-8(11-5-9-2-3-10(11)4-9)20-16(21)12-6-15(19)14(18)7-13(12)17/h6-11H,2-5,19H2,1H3,(H,20,21). The second kappa shape index (κ2) is 5.59. The molecule has 1 aromatic carbocycles. The number of halogens is 2. The monoisotopic (exact) mass is 354 g/mol. The van der Waals surface area contributed by atoms with Gasteiger partial charge in [-0.15, -0.1) is 0 Å². The largest absolute Gasteiger partial charge is 0.396 e. The third-order valence-corrected chi connectivity index (χ3v) is 5.78. The van der Waals surface area contributed by atoms with E-state index in [0.717, 1.165) is 11.8 Å². The fraction of sp³-hybridized carbons (Fsp3) is 0.562. The van der Waals surface area contributed by atoms with Gasteiger partial charge in [-0.2, -0.15) is 0 Å². The molecule has 0 saturated heterocycles. The molecule has 2 saturated carbocycles. The lowest BCUT2D eigenvalue weighted by Gasteiger charge is -2.28. The molecule has 0 aromatic heterocycles. The first-order valence-corrected chi connectivity index (χ1v) is 8.30. The summed E-state index contributed by atoms with van der Waals surface area (Å²) < 4.78 is 13.8. The van der Waals surface area contributed by atoms with Gasteiger partial charge in [0.2, 0.25) is 0 Å². The Kier molecular flexibility index (Phi) is 3.95. The molecule has 4 unspecified atom stereocenters. The van der Waals surface area contributed by atoms with Crippen molar-refractivity contribution in [1.82, 2.24) is 5.32 Å². The summed E-state index contributed by atoms with van der Waals surface area (Å²) in [5.74, 6) is 1.48. The Hall–Kier alpha value is -1.10. The van der Waals surface area contributed by atoms with Crippen molar-refractivity contribution in [3.63, 3.8) is 0 Å². The zero-order valence-corrected chi connectivity index (χ0v) is 13.6. The van der Waals surface area contributed by atoms with Crippen LogP contribution in [0, 0.1) is 23.6 Å². The van der Waals surface area contributed by atoms with Gasteiger partial charge in [-0.3, -0.25) is 4.79 Å². The van der Waals surface area contributed by atoms with Crippen molar-refractivity contribution in [2.24, 2.45) is 17.8 Å². The molecule has 1 aromatic rings. The van der Waals surface area contributed by atoms with Gasteiger partial charge < -0.3 is 11.1 Å². The van der Waals surface area contributed by atoms with E-state index >= 15 is 0 Å². The SMILES string of the molecule is CC(NC(=O)c1cc(N)c(F)cc1Br)C1CC2CCC1C2. The maximum Gasteiger partial charge on any atom is 0.252 e. The average Bonchev–Trinajstić information content (AvgIpc) is 3.05. The van der Waals surface area contributed by atoms with E-state index in [1.54, 1.807) is 0 Å². The molecule has 21 heavy (non-hydrogen) atoms. The van der Waals surface area contributed by atoms with Gasteiger partial charge in [-0.05, 0) is 72.0 Å². The maximum atomic E-state index is 13.3. The number of fused-ring (bicyclic) bond motifs is 2.